The van der Waals surface area contributed by atoms with Gasteiger partial charge in [-0.25, -0.2) is 0 Å². The van der Waals surface area contributed by atoms with Crippen LogP contribution in [-0.4, -0.2) is 48.3 Å². The maximum absolute atomic E-state index is 11.2. The van der Waals surface area contributed by atoms with Crippen molar-refractivity contribution in [3.8, 4) is 5.75 Å². The Labute approximate surface area is 181 Å². The van der Waals surface area contributed by atoms with Gasteiger partial charge in [0.15, 0.2) is 0 Å². The van der Waals surface area contributed by atoms with Crippen LogP contribution in [0.3, 0.4) is 0 Å². The molecule has 2 aliphatic rings. The summed E-state index contributed by atoms with van der Waals surface area (Å²) in [5, 5.41) is 11.2. The van der Waals surface area contributed by atoms with Crippen molar-refractivity contribution in [3.63, 3.8) is 0 Å². The van der Waals surface area contributed by atoms with Crippen molar-refractivity contribution in [2.45, 2.75) is 37.6 Å². The number of primary amides is 1. The number of aliphatic hydroxyl groups is 1. The molecule has 2 heterocycles. The number of nitrogens with zero attached hydrogens (tertiary/aromatic N) is 1. The molecule has 1 fully saturated rings. The minimum Gasteiger partial charge on any atom is -0.491 e. The van der Waals surface area contributed by atoms with Crippen LogP contribution >= 0.6 is 11.6 Å². The molecule has 7 heteroatoms. The SMILES string of the molecule is NC(=O)Cc1ccccc1OC[C@@H](O)CN1CCC2(CC1)OCc1ccc(Cl)cc12. The van der Waals surface area contributed by atoms with Crippen LogP contribution < -0.4 is 10.5 Å². The first kappa shape index (κ1) is 21.1. The summed E-state index contributed by atoms with van der Waals surface area (Å²) in [7, 11) is 0. The fourth-order valence-electron chi connectivity index (χ4n) is 4.42. The van der Waals surface area contributed by atoms with Crippen molar-refractivity contribution >= 4 is 17.5 Å². The number of nitrogens with two attached hydrogens (primary N) is 1. The number of likely N-dealkylation sites (tertiary alicyclic amines) is 1. The monoisotopic (exact) mass is 430 g/mol. The molecule has 2 aromatic carbocycles. The van der Waals surface area contributed by atoms with Crippen molar-refractivity contribution in [2.75, 3.05) is 26.2 Å². The van der Waals surface area contributed by atoms with Crippen LogP contribution in [0.15, 0.2) is 42.5 Å². The second-order valence-corrected chi connectivity index (χ2v) is 8.54. The summed E-state index contributed by atoms with van der Waals surface area (Å²) in [6.07, 6.45) is 1.23. The molecule has 0 saturated carbocycles. The molecule has 2 aliphatic heterocycles. The number of rotatable bonds is 7. The summed E-state index contributed by atoms with van der Waals surface area (Å²) < 4.78 is 12.0. The van der Waals surface area contributed by atoms with Crippen LogP contribution in [0.25, 0.3) is 0 Å². The van der Waals surface area contributed by atoms with E-state index in [2.05, 4.69) is 11.0 Å². The second kappa shape index (κ2) is 8.94. The number of carbonyl (C=O) groups is 1. The van der Waals surface area contributed by atoms with Gasteiger partial charge >= 0.3 is 0 Å². The molecule has 0 aromatic heterocycles. The maximum atomic E-state index is 11.2. The summed E-state index contributed by atoms with van der Waals surface area (Å²) >= 11 is 6.21. The van der Waals surface area contributed by atoms with Gasteiger partial charge in [-0.05, 0) is 42.2 Å². The molecular formula is C23H27ClN2O4. The van der Waals surface area contributed by atoms with Crippen molar-refractivity contribution in [3.05, 3.63) is 64.2 Å². The summed E-state index contributed by atoms with van der Waals surface area (Å²) in [4.78, 5) is 13.5. The minimum atomic E-state index is -0.632. The number of β-amino-alcohol motifs (C(OH)–C–C–N with tert-alkyl or cyclic N) is 1. The normalized spacial score (nSPS) is 18.9. The highest BCUT2D eigenvalue weighted by Crippen LogP contribution is 2.44. The predicted octanol–water partition coefficient (Wildman–Crippen LogP) is 2.63. The molecule has 0 bridgehead atoms. The average Bonchev–Trinajstić information content (AvgIpc) is 3.06. The largest absolute Gasteiger partial charge is 0.491 e. The highest BCUT2D eigenvalue weighted by atomic mass is 35.5. The Balaban J connectivity index is 1.29. The lowest BCUT2D eigenvalue weighted by molar-refractivity contribution is -0.117. The lowest BCUT2D eigenvalue weighted by Gasteiger charge is -2.39. The third-order valence-corrected chi connectivity index (χ3v) is 6.20. The van der Waals surface area contributed by atoms with Gasteiger partial charge in [0.25, 0.3) is 0 Å². The van der Waals surface area contributed by atoms with E-state index in [1.807, 2.05) is 30.3 Å². The number of hydrogen-bond acceptors (Lipinski definition) is 5. The van der Waals surface area contributed by atoms with E-state index in [-0.39, 0.29) is 18.6 Å². The van der Waals surface area contributed by atoms with E-state index in [1.54, 1.807) is 6.07 Å². The first-order valence-corrected chi connectivity index (χ1v) is 10.7. The number of carbonyl (C=O) groups excluding carboxylic acids is 1. The fourth-order valence-corrected chi connectivity index (χ4v) is 4.59. The number of hydrogen-bond donors (Lipinski definition) is 2. The fraction of sp³-hybridized carbons (Fsp3) is 0.435. The zero-order valence-electron chi connectivity index (χ0n) is 16.9. The summed E-state index contributed by atoms with van der Waals surface area (Å²) in [5.74, 6) is 0.173. The van der Waals surface area contributed by atoms with Crippen LogP contribution in [-0.2, 0) is 28.2 Å². The smallest absolute Gasteiger partial charge is 0.221 e. The molecule has 160 valence electrons. The molecule has 1 saturated heterocycles. The number of aliphatic hydroxyl groups excluding tert-OH is 1. The molecule has 1 amide bonds. The van der Waals surface area contributed by atoms with E-state index in [0.717, 1.165) is 36.5 Å². The predicted molar refractivity (Wildman–Crippen MR) is 114 cm³/mol. The van der Waals surface area contributed by atoms with Gasteiger partial charge in [0, 0.05) is 30.2 Å². The maximum Gasteiger partial charge on any atom is 0.221 e. The highest BCUT2D eigenvalue weighted by molar-refractivity contribution is 6.30. The van der Waals surface area contributed by atoms with Crippen LogP contribution in [0.1, 0.15) is 29.5 Å². The summed E-state index contributed by atoms with van der Waals surface area (Å²) in [6.45, 7) is 2.99. The standard InChI is InChI=1S/C23H27ClN2O4/c24-18-6-5-17-14-30-23(20(17)12-18)7-9-26(10-8-23)13-19(27)15-29-21-4-2-1-3-16(21)11-22(25)28/h1-6,12,19,27H,7-11,13-15H2,(H2,25,28)/t19-/m0/s1. The Morgan fingerprint density at radius 2 is 2.03 bits per heavy atom. The topological polar surface area (TPSA) is 85.0 Å². The van der Waals surface area contributed by atoms with E-state index >= 15 is 0 Å². The third-order valence-electron chi connectivity index (χ3n) is 5.97. The molecule has 0 radical (unpaired) electrons. The van der Waals surface area contributed by atoms with E-state index < -0.39 is 12.0 Å². The number of halogens is 1. The molecule has 6 nitrogen and oxygen atoms in total. The molecule has 1 spiro atoms. The van der Waals surface area contributed by atoms with Crippen LogP contribution in [0.5, 0.6) is 5.75 Å². The highest BCUT2D eigenvalue weighted by Gasteiger charge is 2.42. The van der Waals surface area contributed by atoms with E-state index in [0.29, 0.717) is 18.9 Å². The number of amides is 1. The van der Waals surface area contributed by atoms with Crippen molar-refractivity contribution in [1.29, 1.82) is 0 Å². The van der Waals surface area contributed by atoms with Gasteiger partial charge in [-0.2, -0.15) is 0 Å². The van der Waals surface area contributed by atoms with E-state index in [4.69, 9.17) is 26.8 Å². The average molecular weight is 431 g/mol. The number of benzene rings is 2. The number of fused-ring (bicyclic) bond motifs is 2. The van der Waals surface area contributed by atoms with Crippen LogP contribution in [0, 0.1) is 0 Å². The van der Waals surface area contributed by atoms with Gasteiger partial charge in [0.1, 0.15) is 18.5 Å². The molecule has 4 rings (SSSR count). The molecule has 1 atom stereocenters. The van der Waals surface area contributed by atoms with Crippen molar-refractivity contribution < 1.29 is 19.4 Å². The molecular weight excluding hydrogens is 404 g/mol. The van der Waals surface area contributed by atoms with Gasteiger partial charge in [0.2, 0.25) is 5.91 Å². The Hall–Kier alpha value is -2.12. The van der Waals surface area contributed by atoms with Gasteiger partial charge in [-0.15, -0.1) is 0 Å². The Kier molecular flexibility index (Phi) is 6.29. The van der Waals surface area contributed by atoms with Crippen molar-refractivity contribution in [2.24, 2.45) is 5.73 Å². The Morgan fingerprint density at radius 1 is 1.27 bits per heavy atom. The minimum absolute atomic E-state index is 0.117. The summed E-state index contributed by atoms with van der Waals surface area (Å²) in [6, 6.07) is 13.3. The molecule has 2 aromatic rings. The Morgan fingerprint density at radius 3 is 2.80 bits per heavy atom. The lowest BCUT2D eigenvalue weighted by Crippen LogP contribution is -2.46. The van der Waals surface area contributed by atoms with Gasteiger partial charge in [-0.1, -0.05) is 35.9 Å². The summed E-state index contributed by atoms with van der Waals surface area (Å²) in [5.41, 5.74) is 8.19. The molecule has 0 aliphatic carbocycles. The van der Waals surface area contributed by atoms with Gasteiger partial charge < -0.3 is 25.2 Å². The number of para-hydroxylation sites is 1. The zero-order chi connectivity index (χ0) is 21.1. The number of piperidine rings is 1. The zero-order valence-corrected chi connectivity index (χ0v) is 17.6. The van der Waals surface area contributed by atoms with Crippen LogP contribution in [0.4, 0.5) is 0 Å². The van der Waals surface area contributed by atoms with Gasteiger partial charge in [0.05, 0.1) is 18.6 Å². The second-order valence-electron chi connectivity index (χ2n) is 8.10. The molecule has 0 unspecified atom stereocenters. The number of ether oxygens (including phenoxy) is 2. The first-order valence-electron chi connectivity index (χ1n) is 10.3. The van der Waals surface area contributed by atoms with Crippen molar-refractivity contribution in [1.82, 2.24) is 4.90 Å². The lowest BCUT2D eigenvalue weighted by atomic mass is 9.84. The molecule has 3 N–H and O–H groups in total. The first-order chi connectivity index (χ1) is 14.4. The Bertz CT molecular complexity index is 912. The third kappa shape index (κ3) is 4.62. The quantitative estimate of drug-likeness (QED) is 0.705. The van der Waals surface area contributed by atoms with Gasteiger partial charge in [-0.3, -0.25) is 4.79 Å². The van der Waals surface area contributed by atoms with E-state index in [9.17, 15) is 9.90 Å². The van der Waals surface area contributed by atoms with Crippen LogP contribution in [0.2, 0.25) is 5.02 Å². The van der Waals surface area contributed by atoms with E-state index in [1.165, 1.54) is 11.1 Å². The molecule has 30 heavy (non-hydrogen) atoms.